The molecule has 0 radical (unpaired) electrons. The Morgan fingerprint density at radius 3 is 2.25 bits per heavy atom. The molecule has 0 saturated heterocycles. The first-order chi connectivity index (χ1) is 5.68. The van der Waals surface area contributed by atoms with Crippen LogP contribution in [0.15, 0.2) is 0 Å². The van der Waals surface area contributed by atoms with Crippen LogP contribution in [0.1, 0.15) is 46.5 Å². The molecule has 0 fully saturated rings. The SMILES string of the molecule is CCCCOC(C)(CCC)OC. The molecular weight excluding hydrogens is 152 g/mol. The fourth-order valence-corrected chi connectivity index (χ4v) is 1.12. The van der Waals surface area contributed by atoms with Crippen LogP contribution in [0.3, 0.4) is 0 Å². The summed E-state index contributed by atoms with van der Waals surface area (Å²) in [6.45, 7) is 7.11. The van der Waals surface area contributed by atoms with Gasteiger partial charge in [-0.1, -0.05) is 26.7 Å². The summed E-state index contributed by atoms with van der Waals surface area (Å²) < 4.78 is 10.9. The van der Waals surface area contributed by atoms with Crippen LogP contribution in [0.4, 0.5) is 0 Å². The van der Waals surface area contributed by atoms with Gasteiger partial charge < -0.3 is 9.47 Å². The molecule has 0 rings (SSSR count). The Bertz CT molecular complexity index is 104. The van der Waals surface area contributed by atoms with Crippen molar-refractivity contribution in [1.82, 2.24) is 0 Å². The molecule has 12 heavy (non-hydrogen) atoms. The summed E-state index contributed by atoms with van der Waals surface area (Å²) in [5.41, 5.74) is 0. The number of hydrogen-bond acceptors (Lipinski definition) is 2. The molecular formula is C10H22O2. The molecule has 0 N–H and O–H groups in total. The van der Waals surface area contributed by atoms with Gasteiger partial charge in [0, 0.05) is 20.1 Å². The lowest BCUT2D eigenvalue weighted by atomic mass is 10.2. The Labute approximate surface area is 76.3 Å². The van der Waals surface area contributed by atoms with Crippen molar-refractivity contribution in [3.05, 3.63) is 0 Å². The van der Waals surface area contributed by atoms with E-state index in [0.29, 0.717) is 0 Å². The van der Waals surface area contributed by atoms with Crippen LogP contribution in [-0.4, -0.2) is 19.5 Å². The molecule has 2 nitrogen and oxygen atoms in total. The van der Waals surface area contributed by atoms with E-state index in [2.05, 4.69) is 13.8 Å². The summed E-state index contributed by atoms with van der Waals surface area (Å²) in [6.07, 6.45) is 4.35. The second-order valence-corrected chi connectivity index (χ2v) is 3.29. The van der Waals surface area contributed by atoms with Crippen molar-refractivity contribution in [2.75, 3.05) is 13.7 Å². The molecule has 1 atom stereocenters. The number of ether oxygens (including phenoxy) is 2. The van der Waals surface area contributed by atoms with Crippen LogP contribution in [0, 0.1) is 0 Å². The van der Waals surface area contributed by atoms with Gasteiger partial charge in [-0.15, -0.1) is 0 Å². The van der Waals surface area contributed by atoms with Gasteiger partial charge in [0.1, 0.15) is 0 Å². The average Bonchev–Trinajstić information content (AvgIpc) is 2.06. The number of rotatable bonds is 7. The first-order valence-electron chi connectivity index (χ1n) is 4.87. The van der Waals surface area contributed by atoms with Gasteiger partial charge in [0.05, 0.1) is 0 Å². The highest BCUT2D eigenvalue weighted by atomic mass is 16.7. The van der Waals surface area contributed by atoms with Crippen molar-refractivity contribution < 1.29 is 9.47 Å². The Kier molecular flexibility index (Phi) is 6.39. The molecule has 1 unspecified atom stereocenters. The molecule has 0 bridgehead atoms. The van der Waals surface area contributed by atoms with Gasteiger partial charge in [0.15, 0.2) is 5.79 Å². The lowest BCUT2D eigenvalue weighted by Crippen LogP contribution is -2.31. The van der Waals surface area contributed by atoms with Crippen molar-refractivity contribution in [2.45, 2.75) is 52.2 Å². The Balaban J connectivity index is 3.63. The smallest absolute Gasteiger partial charge is 0.165 e. The van der Waals surface area contributed by atoms with E-state index in [0.717, 1.165) is 25.9 Å². The van der Waals surface area contributed by atoms with Crippen molar-refractivity contribution in [1.29, 1.82) is 0 Å². The Morgan fingerprint density at radius 1 is 1.17 bits per heavy atom. The van der Waals surface area contributed by atoms with E-state index in [9.17, 15) is 0 Å². The highest BCUT2D eigenvalue weighted by Crippen LogP contribution is 2.18. The van der Waals surface area contributed by atoms with E-state index < -0.39 is 0 Å². The topological polar surface area (TPSA) is 18.5 Å². The first-order valence-corrected chi connectivity index (χ1v) is 4.87. The predicted octanol–water partition coefficient (Wildman–Crippen LogP) is 2.97. The van der Waals surface area contributed by atoms with Crippen molar-refractivity contribution in [3.8, 4) is 0 Å². The molecule has 0 aromatic rings. The van der Waals surface area contributed by atoms with Crippen LogP contribution < -0.4 is 0 Å². The standard InChI is InChI=1S/C10H22O2/c1-5-7-9-12-10(3,11-4)8-6-2/h5-9H2,1-4H3. The zero-order chi connectivity index (χ0) is 9.45. The summed E-state index contributed by atoms with van der Waals surface area (Å²) in [4.78, 5) is 0. The van der Waals surface area contributed by atoms with Crippen molar-refractivity contribution in [2.24, 2.45) is 0 Å². The molecule has 0 heterocycles. The molecule has 0 amide bonds. The van der Waals surface area contributed by atoms with E-state index >= 15 is 0 Å². The van der Waals surface area contributed by atoms with Gasteiger partial charge in [-0.3, -0.25) is 0 Å². The molecule has 74 valence electrons. The Morgan fingerprint density at radius 2 is 1.83 bits per heavy atom. The van der Waals surface area contributed by atoms with Crippen LogP contribution in [-0.2, 0) is 9.47 Å². The third kappa shape index (κ3) is 4.73. The fourth-order valence-electron chi connectivity index (χ4n) is 1.12. The molecule has 0 aliphatic heterocycles. The van der Waals surface area contributed by atoms with Crippen LogP contribution in [0.25, 0.3) is 0 Å². The maximum atomic E-state index is 5.64. The molecule has 0 spiro atoms. The summed E-state index contributed by atoms with van der Waals surface area (Å²) in [5, 5.41) is 0. The summed E-state index contributed by atoms with van der Waals surface area (Å²) in [5.74, 6) is -0.357. The maximum Gasteiger partial charge on any atom is 0.165 e. The quantitative estimate of drug-likeness (QED) is 0.436. The first kappa shape index (κ1) is 11.9. The fraction of sp³-hybridized carbons (Fsp3) is 1.00. The monoisotopic (exact) mass is 174 g/mol. The lowest BCUT2D eigenvalue weighted by molar-refractivity contribution is -0.214. The number of hydrogen-bond donors (Lipinski definition) is 0. The van der Waals surface area contributed by atoms with Crippen LogP contribution in [0.2, 0.25) is 0 Å². The second-order valence-electron chi connectivity index (χ2n) is 3.29. The molecule has 0 aromatic heterocycles. The van der Waals surface area contributed by atoms with Crippen molar-refractivity contribution >= 4 is 0 Å². The minimum atomic E-state index is -0.357. The highest BCUT2D eigenvalue weighted by Gasteiger charge is 2.22. The zero-order valence-electron chi connectivity index (χ0n) is 8.85. The molecule has 0 aliphatic rings. The largest absolute Gasteiger partial charge is 0.353 e. The summed E-state index contributed by atoms with van der Waals surface area (Å²) in [7, 11) is 1.71. The number of unbranched alkanes of at least 4 members (excludes halogenated alkanes) is 1. The third-order valence-corrected chi connectivity index (χ3v) is 2.04. The van der Waals surface area contributed by atoms with Gasteiger partial charge in [0.2, 0.25) is 0 Å². The molecule has 2 heteroatoms. The predicted molar refractivity (Wildman–Crippen MR) is 51.2 cm³/mol. The van der Waals surface area contributed by atoms with Crippen LogP contribution >= 0.6 is 0 Å². The van der Waals surface area contributed by atoms with Gasteiger partial charge in [-0.05, 0) is 13.3 Å². The number of methoxy groups -OCH3 is 1. The molecule has 0 saturated carbocycles. The van der Waals surface area contributed by atoms with Gasteiger partial charge in [0.25, 0.3) is 0 Å². The molecule has 0 aromatic carbocycles. The van der Waals surface area contributed by atoms with Gasteiger partial charge >= 0.3 is 0 Å². The van der Waals surface area contributed by atoms with Gasteiger partial charge in [-0.2, -0.15) is 0 Å². The van der Waals surface area contributed by atoms with Crippen LogP contribution in [0.5, 0.6) is 0 Å². The maximum absolute atomic E-state index is 5.64. The lowest BCUT2D eigenvalue weighted by Gasteiger charge is -2.27. The molecule has 0 aliphatic carbocycles. The summed E-state index contributed by atoms with van der Waals surface area (Å²) in [6, 6.07) is 0. The van der Waals surface area contributed by atoms with E-state index in [-0.39, 0.29) is 5.79 Å². The van der Waals surface area contributed by atoms with E-state index in [1.54, 1.807) is 7.11 Å². The summed E-state index contributed by atoms with van der Waals surface area (Å²) >= 11 is 0. The minimum Gasteiger partial charge on any atom is -0.353 e. The van der Waals surface area contributed by atoms with E-state index in [1.807, 2.05) is 6.92 Å². The highest BCUT2D eigenvalue weighted by molar-refractivity contribution is 4.60. The average molecular weight is 174 g/mol. The second kappa shape index (κ2) is 6.44. The van der Waals surface area contributed by atoms with Crippen molar-refractivity contribution in [3.63, 3.8) is 0 Å². The van der Waals surface area contributed by atoms with E-state index in [1.165, 1.54) is 6.42 Å². The zero-order valence-corrected chi connectivity index (χ0v) is 8.85. The minimum absolute atomic E-state index is 0.357. The Hall–Kier alpha value is -0.0800. The van der Waals surface area contributed by atoms with E-state index in [4.69, 9.17) is 9.47 Å². The third-order valence-electron chi connectivity index (χ3n) is 2.04. The van der Waals surface area contributed by atoms with Gasteiger partial charge in [-0.25, -0.2) is 0 Å². The normalized spacial score (nSPS) is 16.0.